The van der Waals surface area contributed by atoms with Gasteiger partial charge in [0, 0.05) is 6.54 Å². The summed E-state index contributed by atoms with van der Waals surface area (Å²) in [6.07, 6.45) is 1.16. The summed E-state index contributed by atoms with van der Waals surface area (Å²) < 4.78 is 5.86. The molecule has 0 fully saturated rings. The number of hydrogen-bond donors (Lipinski definition) is 1. The van der Waals surface area contributed by atoms with Crippen LogP contribution >= 0.6 is 0 Å². The molecule has 0 radical (unpaired) electrons. The molecular formula is C18H23NO. The normalized spacial score (nSPS) is 12.1. The van der Waals surface area contributed by atoms with E-state index in [1.165, 1.54) is 11.1 Å². The summed E-state index contributed by atoms with van der Waals surface area (Å²) in [4.78, 5) is 0. The van der Waals surface area contributed by atoms with E-state index in [1.54, 1.807) is 0 Å². The largest absolute Gasteiger partial charge is 0.489 e. The van der Waals surface area contributed by atoms with Crippen LogP contribution in [0, 0.1) is 0 Å². The minimum absolute atomic E-state index is 0.190. The summed E-state index contributed by atoms with van der Waals surface area (Å²) in [6, 6.07) is 18.9. The molecule has 0 aliphatic heterocycles. The summed E-state index contributed by atoms with van der Waals surface area (Å²) in [6.45, 7) is 6.04. The van der Waals surface area contributed by atoms with Gasteiger partial charge in [0.1, 0.15) is 11.9 Å². The molecule has 0 bridgehead atoms. The zero-order valence-electron chi connectivity index (χ0n) is 12.3. The maximum Gasteiger partial charge on any atom is 0.119 e. The minimum Gasteiger partial charge on any atom is -0.489 e. The molecule has 0 aliphatic carbocycles. The van der Waals surface area contributed by atoms with Gasteiger partial charge in [0.2, 0.25) is 0 Å². The third kappa shape index (κ3) is 4.71. The Morgan fingerprint density at radius 1 is 0.950 bits per heavy atom. The van der Waals surface area contributed by atoms with Gasteiger partial charge in [-0.05, 0) is 43.1 Å². The molecule has 1 unspecified atom stereocenters. The number of nitrogens with one attached hydrogen (secondary N) is 1. The summed E-state index contributed by atoms with van der Waals surface area (Å²) in [7, 11) is 0. The van der Waals surface area contributed by atoms with Crippen molar-refractivity contribution in [3.63, 3.8) is 0 Å². The average Bonchev–Trinajstić information content (AvgIpc) is 2.48. The zero-order chi connectivity index (χ0) is 14.2. The molecule has 2 heteroatoms. The maximum absolute atomic E-state index is 5.86. The van der Waals surface area contributed by atoms with Crippen LogP contribution in [0.3, 0.4) is 0 Å². The standard InChI is InChI=1S/C18H23NO/c1-3-19-14-15(2)20-18-11-9-17(10-12-18)13-16-7-5-4-6-8-16/h4-12,15,19H,3,13-14H2,1-2H3. The summed E-state index contributed by atoms with van der Waals surface area (Å²) in [5.74, 6) is 0.937. The first-order valence-electron chi connectivity index (χ1n) is 7.28. The summed E-state index contributed by atoms with van der Waals surface area (Å²) >= 11 is 0. The lowest BCUT2D eigenvalue weighted by atomic mass is 10.1. The van der Waals surface area contributed by atoms with E-state index in [2.05, 4.69) is 67.7 Å². The molecule has 0 amide bonds. The maximum atomic E-state index is 5.86. The van der Waals surface area contributed by atoms with Gasteiger partial charge in [-0.2, -0.15) is 0 Å². The quantitative estimate of drug-likeness (QED) is 0.828. The molecule has 1 N–H and O–H groups in total. The second kappa shape index (κ2) is 7.71. The van der Waals surface area contributed by atoms with Crippen LogP contribution in [0.2, 0.25) is 0 Å². The number of ether oxygens (including phenoxy) is 1. The van der Waals surface area contributed by atoms with Crippen molar-refractivity contribution in [1.29, 1.82) is 0 Å². The summed E-state index contributed by atoms with van der Waals surface area (Å²) in [5, 5.41) is 3.29. The summed E-state index contributed by atoms with van der Waals surface area (Å²) in [5.41, 5.74) is 2.64. The van der Waals surface area contributed by atoms with E-state index in [9.17, 15) is 0 Å². The molecule has 0 aromatic heterocycles. The second-order valence-corrected chi connectivity index (χ2v) is 5.04. The Balaban J connectivity index is 1.89. The topological polar surface area (TPSA) is 21.3 Å². The molecule has 2 aromatic rings. The van der Waals surface area contributed by atoms with Crippen molar-refractivity contribution in [1.82, 2.24) is 5.32 Å². The molecule has 2 nitrogen and oxygen atoms in total. The molecule has 20 heavy (non-hydrogen) atoms. The lowest BCUT2D eigenvalue weighted by molar-refractivity contribution is 0.218. The fraction of sp³-hybridized carbons (Fsp3) is 0.333. The zero-order valence-corrected chi connectivity index (χ0v) is 12.3. The first kappa shape index (κ1) is 14.6. The Kier molecular flexibility index (Phi) is 5.63. The van der Waals surface area contributed by atoms with Gasteiger partial charge in [-0.1, -0.05) is 49.4 Å². The average molecular weight is 269 g/mol. The van der Waals surface area contributed by atoms with Gasteiger partial charge < -0.3 is 10.1 Å². The van der Waals surface area contributed by atoms with Crippen LogP contribution in [0.15, 0.2) is 54.6 Å². The van der Waals surface area contributed by atoms with Gasteiger partial charge in [-0.25, -0.2) is 0 Å². The van der Waals surface area contributed by atoms with Crippen LogP contribution in [0.25, 0.3) is 0 Å². The molecule has 106 valence electrons. The Morgan fingerprint density at radius 2 is 1.60 bits per heavy atom. The number of likely N-dealkylation sites (N-methyl/N-ethyl adjacent to an activating group) is 1. The molecule has 2 rings (SSSR count). The predicted molar refractivity (Wildman–Crippen MR) is 84.3 cm³/mol. The molecule has 1 atom stereocenters. The van der Waals surface area contributed by atoms with E-state index in [0.717, 1.165) is 25.3 Å². The van der Waals surface area contributed by atoms with Crippen LogP contribution in [0.1, 0.15) is 25.0 Å². The van der Waals surface area contributed by atoms with Crippen molar-refractivity contribution >= 4 is 0 Å². The molecule has 0 spiro atoms. The number of benzene rings is 2. The highest BCUT2D eigenvalue weighted by Crippen LogP contribution is 2.16. The SMILES string of the molecule is CCNCC(C)Oc1ccc(Cc2ccccc2)cc1. The third-order valence-corrected chi connectivity index (χ3v) is 3.19. The fourth-order valence-electron chi connectivity index (χ4n) is 2.14. The lowest BCUT2D eigenvalue weighted by Gasteiger charge is -2.15. The number of rotatable bonds is 7. The van der Waals surface area contributed by atoms with Crippen LogP contribution in [-0.4, -0.2) is 19.2 Å². The van der Waals surface area contributed by atoms with Gasteiger partial charge in [0.15, 0.2) is 0 Å². The lowest BCUT2D eigenvalue weighted by Crippen LogP contribution is -2.28. The van der Waals surface area contributed by atoms with E-state index in [-0.39, 0.29) is 6.10 Å². The van der Waals surface area contributed by atoms with Gasteiger partial charge in [-0.15, -0.1) is 0 Å². The van der Waals surface area contributed by atoms with Crippen LogP contribution in [-0.2, 0) is 6.42 Å². The highest BCUT2D eigenvalue weighted by Gasteiger charge is 2.03. The number of hydrogen-bond acceptors (Lipinski definition) is 2. The van der Waals surface area contributed by atoms with Gasteiger partial charge >= 0.3 is 0 Å². The van der Waals surface area contributed by atoms with Crippen molar-refractivity contribution < 1.29 is 4.74 Å². The van der Waals surface area contributed by atoms with Gasteiger partial charge in [0.05, 0.1) is 0 Å². The van der Waals surface area contributed by atoms with E-state index in [4.69, 9.17) is 4.74 Å². The Hall–Kier alpha value is -1.80. The van der Waals surface area contributed by atoms with E-state index < -0.39 is 0 Å². The van der Waals surface area contributed by atoms with Crippen molar-refractivity contribution in [2.75, 3.05) is 13.1 Å². The van der Waals surface area contributed by atoms with Crippen molar-refractivity contribution in [3.8, 4) is 5.75 Å². The van der Waals surface area contributed by atoms with Crippen molar-refractivity contribution in [3.05, 3.63) is 65.7 Å². The Labute approximate surface area is 121 Å². The molecule has 0 saturated carbocycles. The van der Waals surface area contributed by atoms with Crippen molar-refractivity contribution in [2.24, 2.45) is 0 Å². The minimum atomic E-state index is 0.190. The fourth-order valence-corrected chi connectivity index (χ4v) is 2.14. The van der Waals surface area contributed by atoms with E-state index >= 15 is 0 Å². The third-order valence-electron chi connectivity index (χ3n) is 3.19. The Morgan fingerprint density at radius 3 is 2.25 bits per heavy atom. The van der Waals surface area contributed by atoms with Gasteiger partial charge in [-0.3, -0.25) is 0 Å². The van der Waals surface area contributed by atoms with Gasteiger partial charge in [0.25, 0.3) is 0 Å². The highest BCUT2D eigenvalue weighted by molar-refractivity contribution is 5.31. The Bertz CT molecular complexity index is 493. The monoisotopic (exact) mass is 269 g/mol. The van der Waals surface area contributed by atoms with Crippen LogP contribution < -0.4 is 10.1 Å². The molecule has 2 aromatic carbocycles. The highest BCUT2D eigenvalue weighted by atomic mass is 16.5. The first-order valence-corrected chi connectivity index (χ1v) is 7.28. The molecular weight excluding hydrogens is 246 g/mol. The molecule has 0 heterocycles. The van der Waals surface area contributed by atoms with Crippen LogP contribution in [0.5, 0.6) is 5.75 Å². The predicted octanol–water partition coefficient (Wildman–Crippen LogP) is 3.65. The van der Waals surface area contributed by atoms with E-state index in [0.29, 0.717) is 0 Å². The molecule has 0 aliphatic rings. The van der Waals surface area contributed by atoms with E-state index in [1.807, 2.05) is 6.07 Å². The van der Waals surface area contributed by atoms with Crippen LogP contribution in [0.4, 0.5) is 0 Å². The first-order chi connectivity index (χ1) is 9.78. The van der Waals surface area contributed by atoms with Crippen molar-refractivity contribution in [2.45, 2.75) is 26.4 Å². The smallest absolute Gasteiger partial charge is 0.119 e. The molecule has 0 saturated heterocycles. The second-order valence-electron chi connectivity index (χ2n) is 5.04.